The first-order valence-corrected chi connectivity index (χ1v) is 6.66. The number of piperidine rings is 1. The molecule has 100 valence electrons. The third kappa shape index (κ3) is 3.32. The van der Waals surface area contributed by atoms with E-state index in [1.165, 1.54) is 6.42 Å². The Kier molecular flexibility index (Phi) is 4.36. The predicted molar refractivity (Wildman–Crippen MR) is 70.1 cm³/mol. The van der Waals surface area contributed by atoms with E-state index in [-0.39, 0.29) is 11.9 Å². The minimum atomic E-state index is -0.0255. The third-order valence-corrected chi connectivity index (χ3v) is 3.50. The van der Waals surface area contributed by atoms with Crippen LogP contribution in [0.25, 0.3) is 0 Å². The molecule has 0 aromatic carbocycles. The van der Waals surface area contributed by atoms with Crippen LogP contribution >= 0.6 is 0 Å². The predicted octanol–water partition coefficient (Wildman–Crippen LogP) is 0.467. The van der Waals surface area contributed by atoms with Crippen LogP contribution in [0.4, 0.5) is 0 Å². The summed E-state index contributed by atoms with van der Waals surface area (Å²) in [4.78, 5) is 12.0. The van der Waals surface area contributed by atoms with Gasteiger partial charge in [-0.1, -0.05) is 6.92 Å². The average molecular weight is 250 g/mol. The zero-order valence-corrected chi connectivity index (χ0v) is 11.1. The van der Waals surface area contributed by atoms with E-state index in [0.29, 0.717) is 12.5 Å². The van der Waals surface area contributed by atoms with E-state index in [0.717, 1.165) is 25.1 Å². The fraction of sp³-hybridized carbons (Fsp3) is 0.692. The van der Waals surface area contributed by atoms with Gasteiger partial charge in [0.2, 0.25) is 5.91 Å². The lowest BCUT2D eigenvalue weighted by molar-refractivity contribution is -0.124. The summed E-state index contributed by atoms with van der Waals surface area (Å²) in [7, 11) is 1.90. The number of amides is 1. The van der Waals surface area contributed by atoms with Crippen LogP contribution in [0.1, 0.15) is 25.5 Å². The molecule has 18 heavy (non-hydrogen) atoms. The first kappa shape index (κ1) is 13.1. The van der Waals surface area contributed by atoms with Crippen molar-refractivity contribution < 1.29 is 4.79 Å². The van der Waals surface area contributed by atoms with Gasteiger partial charge in [-0.3, -0.25) is 9.48 Å². The first-order valence-electron chi connectivity index (χ1n) is 6.66. The van der Waals surface area contributed by atoms with Crippen molar-refractivity contribution in [1.82, 2.24) is 20.4 Å². The monoisotopic (exact) mass is 250 g/mol. The molecule has 2 rings (SSSR count). The molecule has 0 spiro atoms. The summed E-state index contributed by atoms with van der Waals surface area (Å²) in [5, 5.41) is 10.6. The van der Waals surface area contributed by atoms with Gasteiger partial charge in [0.1, 0.15) is 0 Å². The Morgan fingerprint density at radius 2 is 2.50 bits per heavy atom. The van der Waals surface area contributed by atoms with E-state index in [1.54, 1.807) is 4.68 Å². The highest BCUT2D eigenvalue weighted by Crippen LogP contribution is 2.15. The molecule has 5 nitrogen and oxygen atoms in total. The van der Waals surface area contributed by atoms with Gasteiger partial charge in [0.15, 0.2) is 0 Å². The van der Waals surface area contributed by atoms with Crippen molar-refractivity contribution in [3.8, 4) is 0 Å². The van der Waals surface area contributed by atoms with Gasteiger partial charge in [0.05, 0.1) is 11.7 Å². The largest absolute Gasteiger partial charge is 0.354 e. The van der Waals surface area contributed by atoms with Crippen molar-refractivity contribution in [3.63, 3.8) is 0 Å². The Morgan fingerprint density at radius 3 is 3.17 bits per heavy atom. The van der Waals surface area contributed by atoms with Crippen LogP contribution in [0.15, 0.2) is 12.3 Å². The highest BCUT2D eigenvalue weighted by Gasteiger charge is 2.26. The molecular formula is C13H22N4O. The number of hydrogen-bond acceptors (Lipinski definition) is 3. The van der Waals surface area contributed by atoms with Gasteiger partial charge in [-0.25, -0.2) is 0 Å². The standard InChI is InChI=1S/C13H22N4O/c1-10-4-3-7-14-12(10)13(18)15-8-5-11-6-9-17(2)16-11/h6,9-10,12,14H,3-5,7-8H2,1-2H3,(H,15,18). The molecule has 1 aromatic rings. The van der Waals surface area contributed by atoms with Crippen LogP contribution < -0.4 is 10.6 Å². The lowest BCUT2D eigenvalue weighted by atomic mass is 9.92. The summed E-state index contributed by atoms with van der Waals surface area (Å²) >= 11 is 0. The minimum absolute atomic E-state index is 0.0255. The molecule has 2 N–H and O–H groups in total. The number of aryl methyl sites for hydroxylation is 1. The zero-order chi connectivity index (χ0) is 13.0. The molecule has 0 aliphatic carbocycles. The third-order valence-electron chi connectivity index (χ3n) is 3.50. The van der Waals surface area contributed by atoms with Crippen molar-refractivity contribution in [3.05, 3.63) is 18.0 Å². The lowest BCUT2D eigenvalue weighted by Crippen LogP contribution is -2.51. The number of carbonyl (C=O) groups is 1. The Bertz CT molecular complexity index is 401. The van der Waals surface area contributed by atoms with Gasteiger partial charge in [-0.05, 0) is 31.4 Å². The maximum atomic E-state index is 12.0. The Labute approximate surface area is 108 Å². The molecule has 1 amide bonds. The van der Waals surface area contributed by atoms with E-state index < -0.39 is 0 Å². The quantitative estimate of drug-likeness (QED) is 0.816. The van der Waals surface area contributed by atoms with Crippen molar-refractivity contribution >= 4 is 5.91 Å². The van der Waals surface area contributed by atoms with Crippen LogP contribution in [0.5, 0.6) is 0 Å². The summed E-state index contributed by atoms with van der Waals surface area (Å²) in [6.07, 6.45) is 5.00. The second kappa shape index (κ2) is 6.00. The molecule has 5 heteroatoms. The molecule has 1 aromatic heterocycles. The molecular weight excluding hydrogens is 228 g/mol. The SMILES string of the molecule is CC1CCCNC1C(=O)NCCc1ccn(C)n1. The Morgan fingerprint density at radius 1 is 1.67 bits per heavy atom. The van der Waals surface area contributed by atoms with Gasteiger partial charge >= 0.3 is 0 Å². The van der Waals surface area contributed by atoms with Gasteiger partial charge in [-0.2, -0.15) is 5.10 Å². The molecule has 1 saturated heterocycles. The topological polar surface area (TPSA) is 59.0 Å². The van der Waals surface area contributed by atoms with Crippen LogP contribution in [0.2, 0.25) is 0 Å². The second-order valence-corrected chi connectivity index (χ2v) is 5.07. The number of hydrogen-bond donors (Lipinski definition) is 2. The summed E-state index contributed by atoms with van der Waals surface area (Å²) in [6, 6.07) is 1.95. The van der Waals surface area contributed by atoms with Crippen molar-refractivity contribution in [1.29, 1.82) is 0 Å². The van der Waals surface area contributed by atoms with E-state index in [1.807, 2.05) is 19.3 Å². The van der Waals surface area contributed by atoms with Crippen molar-refractivity contribution in [2.75, 3.05) is 13.1 Å². The summed E-state index contributed by atoms with van der Waals surface area (Å²) < 4.78 is 1.78. The molecule has 2 unspecified atom stereocenters. The van der Waals surface area contributed by atoms with Crippen LogP contribution in [-0.4, -0.2) is 34.8 Å². The molecule has 0 radical (unpaired) electrons. The maximum Gasteiger partial charge on any atom is 0.237 e. The van der Waals surface area contributed by atoms with Gasteiger partial charge < -0.3 is 10.6 Å². The minimum Gasteiger partial charge on any atom is -0.354 e. The normalized spacial score (nSPS) is 23.9. The van der Waals surface area contributed by atoms with Crippen molar-refractivity contribution in [2.24, 2.45) is 13.0 Å². The molecule has 1 aliphatic rings. The Balaban J connectivity index is 1.74. The first-order chi connectivity index (χ1) is 8.66. The molecule has 2 heterocycles. The molecule has 0 bridgehead atoms. The summed E-state index contributed by atoms with van der Waals surface area (Å²) in [6.45, 7) is 3.73. The number of aromatic nitrogens is 2. The summed E-state index contributed by atoms with van der Waals surface area (Å²) in [5.74, 6) is 0.548. The van der Waals surface area contributed by atoms with E-state index >= 15 is 0 Å². The molecule has 0 saturated carbocycles. The van der Waals surface area contributed by atoms with Crippen LogP contribution in [0.3, 0.4) is 0 Å². The molecule has 1 aliphatic heterocycles. The zero-order valence-electron chi connectivity index (χ0n) is 11.1. The fourth-order valence-corrected chi connectivity index (χ4v) is 2.42. The van der Waals surface area contributed by atoms with Crippen LogP contribution in [-0.2, 0) is 18.3 Å². The number of carbonyl (C=O) groups excluding carboxylic acids is 1. The average Bonchev–Trinajstić information content (AvgIpc) is 2.75. The number of nitrogens with zero attached hydrogens (tertiary/aromatic N) is 2. The molecule has 1 fully saturated rings. The van der Waals surface area contributed by atoms with Crippen LogP contribution in [0, 0.1) is 5.92 Å². The second-order valence-electron chi connectivity index (χ2n) is 5.07. The maximum absolute atomic E-state index is 12.0. The van der Waals surface area contributed by atoms with Gasteiger partial charge in [0, 0.05) is 26.2 Å². The van der Waals surface area contributed by atoms with E-state index in [2.05, 4.69) is 22.7 Å². The van der Waals surface area contributed by atoms with E-state index in [9.17, 15) is 4.79 Å². The smallest absolute Gasteiger partial charge is 0.237 e. The summed E-state index contributed by atoms with van der Waals surface area (Å²) in [5.41, 5.74) is 1.02. The fourth-order valence-electron chi connectivity index (χ4n) is 2.42. The highest BCUT2D eigenvalue weighted by atomic mass is 16.2. The van der Waals surface area contributed by atoms with Crippen molar-refractivity contribution in [2.45, 2.75) is 32.2 Å². The number of rotatable bonds is 4. The lowest BCUT2D eigenvalue weighted by Gasteiger charge is -2.28. The number of nitrogens with one attached hydrogen (secondary N) is 2. The van der Waals surface area contributed by atoms with Gasteiger partial charge in [0.25, 0.3) is 0 Å². The van der Waals surface area contributed by atoms with Gasteiger partial charge in [-0.15, -0.1) is 0 Å². The Hall–Kier alpha value is -1.36. The molecule has 2 atom stereocenters. The highest BCUT2D eigenvalue weighted by molar-refractivity contribution is 5.82. The van der Waals surface area contributed by atoms with E-state index in [4.69, 9.17) is 0 Å².